The fraction of sp³-hybridized carbons (Fsp3) is 0.500. The van der Waals surface area contributed by atoms with Crippen LogP contribution in [0.2, 0.25) is 0 Å². The summed E-state index contributed by atoms with van der Waals surface area (Å²) >= 11 is 0. The van der Waals surface area contributed by atoms with Gasteiger partial charge in [0.05, 0.1) is 0 Å². The molecule has 0 atom stereocenters. The third kappa shape index (κ3) is 5.76. The average molecular weight is 448 g/mol. The molecule has 2 aliphatic rings. The predicted molar refractivity (Wildman–Crippen MR) is 135 cm³/mol. The monoisotopic (exact) mass is 447 g/mol. The van der Waals surface area contributed by atoms with Gasteiger partial charge in [-0.15, -0.1) is 0 Å². The molecule has 2 amide bonds. The molecule has 1 heterocycles. The van der Waals surface area contributed by atoms with Crippen LogP contribution in [0, 0.1) is 5.92 Å². The zero-order valence-electron chi connectivity index (χ0n) is 20.3. The fourth-order valence-electron chi connectivity index (χ4n) is 4.87. The number of benzene rings is 2. The summed E-state index contributed by atoms with van der Waals surface area (Å²) in [5.41, 5.74) is 3.86. The number of carbonyl (C=O) groups excluding carboxylic acids is 2. The molecule has 176 valence electrons. The summed E-state index contributed by atoms with van der Waals surface area (Å²) in [7, 11) is 0. The van der Waals surface area contributed by atoms with Gasteiger partial charge in [-0.1, -0.05) is 52.2 Å². The molecule has 4 rings (SSSR count). The Morgan fingerprint density at radius 3 is 2.00 bits per heavy atom. The molecule has 0 unspecified atom stereocenters. The van der Waals surface area contributed by atoms with Gasteiger partial charge in [0.2, 0.25) is 5.91 Å². The van der Waals surface area contributed by atoms with Crippen molar-refractivity contribution in [2.45, 2.75) is 58.3 Å². The van der Waals surface area contributed by atoms with Crippen LogP contribution in [0.4, 0.5) is 11.4 Å². The fourth-order valence-corrected chi connectivity index (χ4v) is 4.87. The number of amides is 2. The second-order valence-corrected chi connectivity index (χ2v) is 10.5. The minimum atomic E-state index is -0.0990. The molecule has 5 heteroatoms. The first kappa shape index (κ1) is 23.3. The maximum absolute atomic E-state index is 12.8. The highest BCUT2D eigenvalue weighted by Gasteiger charge is 2.28. The van der Waals surface area contributed by atoms with Crippen LogP contribution in [0.25, 0.3) is 0 Å². The van der Waals surface area contributed by atoms with E-state index in [0.717, 1.165) is 50.4 Å². The standard InChI is InChI=1S/C28H37N3O2/c1-28(2,3)23-11-9-21(10-12-23)26(32)29-24-13-15-25(16-14-24)30-17-19-31(20-18-30)27(33)22-7-5-4-6-8-22/h9-16,22H,4-8,17-20H2,1-3H3,(H,29,32). The molecular weight excluding hydrogens is 410 g/mol. The van der Waals surface area contributed by atoms with E-state index in [0.29, 0.717) is 11.5 Å². The van der Waals surface area contributed by atoms with Crippen molar-refractivity contribution in [1.29, 1.82) is 0 Å². The molecule has 1 N–H and O–H groups in total. The molecule has 2 aromatic carbocycles. The number of carbonyl (C=O) groups is 2. The molecule has 5 nitrogen and oxygen atoms in total. The maximum atomic E-state index is 12.8. The lowest BCUT2D eigenvalue weighted by molar-refractivity contribution is -0.136. The Bertz CT molecular complexity index is 946. The Labute approximate surface area is 198 Å². The third-order valence-electron chi connectivity index (χ3n) is 7.05. The highest BCUT2D eigenvalue weighted by molar-refractivity contribution is 6.04. The van der Waals surface area contributed by atoms with Gasteiger partial charge in [-0.05, 0) is 60.2 Å². The SMILES string of the molecule is CC(C)(C)c1ccc(C(=O)Nc2ccc(N3CCN(C(=O)C4CCCCC4)CC3)cc2)cc1. The van der Waals surface area contributed by atoms with Gasteiger partial charge in [-0.3, -0.25) is 9.59 Å². The molecule has 0 spiro atoms. The van der Waals surface area contributed by atoms with Crippen LogP contribution in [-0.4, -0.2) is 42.9 Å². The van der Waals surface area contributed by atoms with E-state index < -0.39 is 0 Å². The minimum absolute atomic E-state index is 0.0689. The van der Waals surface area contributed by atoms with Gasteiger partial charge in [0.1, 0.15) is 0 Å². The lowest BCUT2D eigenvalue weighted by Gasteiger charge is -2.38. The van der Waals surface area contributed by atoms with E-state index in [-0.39, 0.29) is 17.2 Å². The molecule has 0 bridgehead atoms. The highest BCUT2D eigenvalue weighted by atomic mass is 16.2. The molecular formula is C28H37N3O2. The third-order valence-corrected chi connectivity index (χ3v) is 7.05. The van der Waals surface area contributed by atoms with Gasteiger partial charge in [0.15, 0.2) is 0 Å². The molecule has 1 saturated carbocycles. The molecule has 0 aromatic heterocycles. The van der Waals surface area contributed by atoms with E-state index >= 15 is 0 Å². The number of nitrogens with one attached hydrogen (secondary N) is 1. The molecule has 1 aliphatic heterocycles. The van der Waals surface area contributed by atoms with Crippen LogP contribution in [0.15, 0.2) is 48.5 Å². The first-order chi connectivity index (χ1) is 15.8. The smallest absolute Gasteiger partial charge is 0.255 e. The second-order valence-electron chi connectivity index (χ2n) is 10.5. The van der Waals surface area contributed by atoms with Crippen LogP contribution < -0.4 is 10.2 Å². The van der Waals surface area contributed by atoms with Gasteiger partial charge in [0.25, 0.3) is 5.91 Å². The van der Waals surface area contributed by atoms with Crippen LogP contribution in [0.3, 0.4) is 0 Å². The van der Waals surface area contributed by atoms with Gasteiger partial charge < -0.3 is 15.1 Å². The summed E-state index contributed by atoms with van der Waals surface area (Å²) in [6, 6.07) is 15.8. The molecule has 1 aliphatic carbocycles. The Hall–Kier alpha value is -2.82. The minimum Gasteiger partial charge on any atom is -0.368 e. The van der Waals surface area contributed by atoms with Crippen molar-refractivity contribution in [3.8, 4) is 0 Å². The molecule has 33 heavy (non-hydrogen) atoms. The van der Waals surface area contributed by atoms with Crippen molar-refractivity contribution in [3.05, 3.63) is 59.7 Å². The van der Waals surface area contributed by atoms with E-state index in [1.54, 1.807) is 0 Å². The molecule has 2 aromatic rings. The number of nitrogens with zero attached hydrogens (tertiary/aromatic N) is 2. The van der Waals surface area contributed by atoms with Gasteiger partial charge in [-0.2, -0.15) is 0 Å². The first-order valence-electron chi connectivity index (χ1n) is 12.4. The number of hydrogen-bond donors (Lipinski definition) is 1. The summed E-state index contributed by atoms with van der Waals surface area (Å²) in [6.07, 6.45) is 5.79. The predicted octanol–water partition coefficient (Wildman–Crippen LogP) is 5.47. The van der Waals surface area contributed by atoms with Crippen molar-refractivity contribution in [3.63, 3.8) is 0 Å². The Morgan fingerprint density at radius 1 is 0.818 bits per heavy atom. The highest BCUT2D eigenvalue weighted by Crippen LogP contribution is 2.27. The summed E-state index contributed by atoms with van der Waals surface area (Å²) in [5, 5.41) is 2.99. The average Bonchev–Trinajstić information content (AvgIpc) is 2.84. The van der Waals surface area contributed by atoms with Crippen LogP contribution in [0.1, 0.15) is 68.8 Å². The largest absolute Gasteiger partial charge is 0.368 e. The molecule has 2 fully saturated rings. The topological polar surface area (TPSA) is 52.7 Å². The van der Waals surface area contributed by atoms with Crippen molar-refractivity contribution in [2.75, 3.05) is 36.4 Å². The molecule has 0 radical (unpaired) electrons. The Kier molecular flexibility index (Phi) is 7.06. The lowest BCUT2D eigenvalue weighted by atomic mass is 9.87. The van der Waals surface area contributed by atoms with Crippen molar-refractivity contribution in [2.24, 2.45) is 5.92 Å². The van der Waals surface area contributed by atoms with Gasteiger partial charge >= 0.3 is 0 Å². The molecule has 1 saturated heterocycles. The Balaban J connectivity index is 1.29. The van der Waals surface area contributed by atoms with Crippen molar-refractivity contribution < 1.29 is 9.59 Å². The van der Waals surface area contributed by atoms with E-state index in [2.05, 4.69) is 48.0 Å². The van der Waals surface area contributed by atoms with Crippen molar-refractivity contribution in [1.82, 2.24) is 4.90 Å². The Morgan fingerprint density at radius 2 is 1.42 bits per heavy atom. The zero-order chi connectivity index (χ0) is 23.4. The first-order valence-corrected chi connectivity index (χ1v) is 12.4. The summed E-state index contributed by atoms with van der Waals surface area (Å²) in [5.74, 6) is 0.513. The van der Waals surface area contributed by atoms with Crippen molar-refractivity contribution >= 4 is 23.2 Å². The van der Waals surface area contributed by atoms with Crippen LogP contribution in [-0.2, 0) is 10.2 Å². The number of piperazine rings is 1. The number of hydrogen-bond acceptors (Lipinski definition) is 3. The van der Waals surface area contributed by atoms with Crippen LogP contribution >= 0.6 is 0 Å². The van der Waals surface area contributed by atoms with E-state index in [9.17, 15) is 9.59 Å². The maximum Gasteiger partial charge on any atom is 0.255 e. The van der Waals surface area contributed by atoms with Gasteiger partial charge in [0, 0.05) is 49.0 Å². The zero-order valence-corrected chi connectivity index (χ0v) is 20.3. The lowest BCUT2D eigenvalue weighted by Crippen LogP contribution is -2.50. The van der Waals surface area contributed by atoms with Crippen LogP contribution in [0.5, 0.6) is 0 Å². The summed E-state index contributed by atoms with van der Waals surface area (Å²) < 4.78 is 0. The van der Waals surface area contributed by atoms with E-state index in [4.69, 9.17) is 0 Å². The quantitative estimate of drug-likeness (QED) is 0.677. The van der Waals surface area contributed by atoms with E-state index in [1.165, 1.54) is 24.8 Å². The number of rotatable bonds is 4. The van der Waals surface area contributed by atoms with E-state index in [1.807, 2.05) is 36.4 Å². The van der Waals surface area contributed by atoms with Gasteiger partial charge in [-0.25, -0.2) is 0 Å². The summed E-state index contributed by atoms with van der Waals surface area (Å²) in [4.78, 5) is 29.8. The normalized spacial score (nSPS) is 17.7. The second kappa shape index (κ2) is 9.98. The number of anilines is 2. The summed E-state index contributed by atoms with van der Waals surface area (Å²) in [6.45, 7) is 9.78.